The summed E-state index contributed by atoms with van der Waals surface area (Å²) >= 11 is 0. The van der Waals surface area contributed by atoms with E-state index in [1.165, 1.54) is 5.56 Å². The van der Waals surface area contributed by atoms with Gasteiger partial charge in [-0.2, -0.15) is 0 Å². The number of rotatable bonds is 7. The van der Waals surface area contributed by atoms with Crippen molar-refractivity contribution in [2.24, 2.45) is 0 Å². The third-order valence-corrected chi connectivity index (χ3v) is 3.84. The van der Waals surface area contributed by atoms with Gasteiger partial charge in [0.05, 0.1) is 7.11 Å². The molecule has 0 unspecified atom stereocenters. The highest BCUT2D eigenvalue weighted by Gasteiger charge is 2.12. The lowest BCUT2D eigenvalue weighted by Crippen LogP contribution is -2.12. The minimum atomic E-state index is 0.0625. The molecule has 0 aliphatic rings. The maximum Gasteiger partial charge on any atom is 0.224 e. The summed E-state index contributed by atoms with van der Waals surface area (Å²) in [6.45, 7) is 2.15. The van der Waals surface area contributed by atoms with E-state index in [-0.39, 0.29) is 5.91 Å². The number of carbonyl (C=O) groups is 1. The monoisotopic (exact) mass is 297 g/mol. The van der Waals surface area contributed by atoms with Gasteiger partial charge < -0.3 is 10.1 Å². The third kappa shape index (κ3) is 4.62. The van der Waals surface area contributed by atoms with Gasteiger partial charge >= 0.3 is 0 Å². The Labute approximate surface area is 132 Å². The van der Waals surface area contributed by atoms with Crippen molar-refractivity contribution >= 4 is 11.6 Å². The lowest BCUT2D eigenvalue weighted by Gasteiger charge is -2.16. The van der Waals surface area contributed by atoms with Crippen LogP contribution in [0.2, 0.25) is 0 Å². The summed E-state index contributed by atoms with van der Waals surface area (Å²) in [7, 11) is 1.67. The Morgan fingerprint density at radius 3 is 2.59 bits per heavy atom. The van der Waals surface area contributed by atoms with E-state index >= 15 is 0 Å². The van der Waals surface area contributed by atoms with Crippen LogP contribution in [0.5, 0.6) is 5.75 Å². The van der Waals surface area contributed by atoms with Crippen LogP contribution in [0.3, 0.4) is 0 Å². The van der Waals surface area contributed by atoms with E-state index in [0.29, 0.717) is 12.3 Å². The number of nitrogens with one attached hydrogen (secondary N) is 1. The quantitative estimate of drug-likeness (QED) is 0.810. The highest BCUT2D eigenvalue weighted by Crippen LogP contribution is 2.27. The predicted molar refractivity (Wildman–Crippen MR) is 90.3 cm³/mol. The molecule has 1 atom stereocenters. The standard InChI is InChI=1S/C19H23NO2/c1-3-15(16-8-7-11-18(14-16)22-2)12-13-19(21)20-17-9-5-4-6-10-17/h4-11,14-15H,3,12-13H2,1-2H3,(H,20,21)/t15-/m1/s1. The second-order valence-corrected chi connectivity index (χ2v) is 5.33. The first-order valence-electron chi connectivity index (χ1n) is 7.71. The molecule has 0 heterocycles. The molecule has 0 aliphatic carbocycles. The summed E-state index contributed by atoms with van der Waals surface area (Å²) in [4.78, 5) is 12.1. The summed E-state index contributed by atoms with van der Waals surface area (Å²) in [5, 5.41) is 2.93. The van der Waals surface area contributed by atoms with Crippen LogP contribution in [0.15, 0.2) is 54.6 Å². The van der Waals surface area contributed by atoms with Gasteiger partial charge in [-0.1, -0.05) is 37.3 Å². The van der Waals surface area contributed by atoms with Gasteiger partial charge in [0.25, 0.3) is 0 Å². The van der Waals surface area contributed by atoms with Gasteiger partial charge in [0.2, 0.25) is 5.91 Å². The zero-order valence-corrected chi connectivity index (χ0v) is 13.2. The van der Waals surface area contributed by atoms with Crippen molar-refractivity contribution in [3.05, 3.63) is 60.2 Å². The second kappa shape index (κ2) is 8.23. The SMILES string of the molecule is CC[C@H](CCC(=O)Nc1ccccc1)c1cccc(OC)c1. The summed E-state index contributed by atoms with van der Waals surface area (Å²) in [5.41, 5.74) is 2.08. The first kappa shape index (κ1) is 16.1. The van der Waals surface area contributed by atoms with Crippen LogP contribution in [-0.4, -0.2) is 13.0 Å². The van der Waals surface area contributed by atoms with Gasteiger partial charge in [-0.25, -0.2) is 0 Å². The Hall–Kier alpha value is -2.29. The molecule has 116 valence electrons. The Bertz CT molecular complexity index is 595. The Balaban J connectivity index is 1.91. The number of hydrogen-bond acceptors (Lipinski definition) is 2. The van der Waals surface area contributed by atoms with E-state index in [1.54, 1.807) is 7.11 Å². The largest absolute Gasteiger partial charge is 0.497 e. The van der Waals surface area contributed by atoms with Crippen LogP contribution in [0.4, 0.5) is 5.69 Å². The van der Waals surface area contributed by atoms with Crippen LogP contribution in [0, 0.1) is 0 Å². The number of ether oxygens (including phenoxy) is 1. The van der Waals surface area contributed by atoms with Crippen LogP contribution >= 0.6 is 0 Å². The minimum absolute atomic E-state index is 0.0625. The minimum Gasteiger partial charge on any atom is -0.497 e. The maximum absolute atomic E-state index is 12.1. The van der Waals surface area contributed by atoms with Crippen molar-refractivity contribution in [2.45, 2.75) is 32.1 Å². The molecule has 0 bridgehead atoms. The second-order valence-electron chi connectivity index (χ2n) is 5.33. The fourth-order valence-electron chi connectivity index (χ4n) is 2.55. The molecule has 22 heavy (non-hydrogen) atoms. The number of amides is 1. The summed E-state index contributed by atoms with van der Waals surface area (Å²) < 4.78 is 5.27. The molecule has 2 rings (SSSR count). The predicted octanol–water partition coefficient (Wildman–Crippen LogP) is 4.61. The zero-order valence-electron chi connectivity index (χ0n) is 13.2. The van der Waals surface area contributed by atoms with Crippen LogP contribution in [0.25, 0.3) is 0 Å². The first-order chi connectivity index (χ1) is 10.7. The Kier molecular flexibility index (Phi) is 6.01. The van der Waals surface area contributed by atoms with E-state index in [4.69, 9.17) is 4.74 Å². The fraction of sp³-hybridized carbons (Fsp3) is 0.316. The molecule has 1 N–H and O–H groups in total. The highest BCUT2D eigenvalue weighted by molar-refractivity contribution is 5.90. The van der Waals surface area contributed by atoms with E-state index in [2.05, 4.69) is 24.4 Å². The molecule has 0 saturated carbocycles. The van der Waals surface area contributed by atoms with Crippen LogP contribution in [-0.2, 0) is 4.79 Å². The number of methoxy groups -OCH3 is 1. The van der Waals surface area contributed by atoms with E-state index in [9.17, 15) is 4.79 Å². The molecule has 3 heteroatoms. The Morgan fingerprint density at radius 1 is 1.14 bits per heavy atom. The summed E-state index contributed by atoms with van der Waals surface area (Å²) in [6.07, 6.45) is 2.36. The molecule has 3 nitrogen and oxygen atoms in total. The van der Waals surface area contributed by atoms with Crippen molar-refractivity contribution in [3.63, 3.8) is 0 Å². The van der Waals surface area contributed by atoms with E-state index in [1.807, 2.05) is 42.5 Å². The smallest absolute Gasteiger partial charge is 0.224 e. The van der Waals surface area contributed by atoms with Gasteiger partial charge in [0.15, 0.2) is 0 Å². The van der Waals surface area contributed by atoms with Gasteiger partial charge in [0.1, 0.15) is 5.75 Å². The Morgan fingerprint density at radius 2 is 1.91 bits per heavy atom. The van der Waals surface area contributed by atoms with Gasteiger partial charge in [0, 0.05) is 12.1 Å². The molecular formula is C19H23NO2. The van der Waals surface area contributed by atoms with Gasteiger partial charge in [-0.3, -0.25) is 4.79 Å². The summed E-state index contributed by atoms with van der Waals surface area (Å²) in [6, 6.07) is 17.7. The third-order valence-electron chi connectivity index (χ3n) is 3.84. The van der Waals surface area contributed by atoms with E-state index < -0.39 is 0 Å². The molecule has 0 aromatic heterocycles. The van der Waals surface area contributed by atoms with Gasteiger partial charge in [-0.15, -0.1) is 0 Å². The molecule has 0 fully saturated rings. The summed E-state index contributed by atoms with van der Waals surface area (Å²) in [5.74, 6) is 1.30. The van der Waals surface area contributed by atoms with Crippen molar-refractivity contribution in [3.8, 4) is 5.75 Å². The normalized spacial score (nSPS) is 11.7. The molecule has 0 saturated heterocycles. The number of carbonyl (C=O) groups excluding carboxylic acids is 1. The fourth-order valence-corrected chi connectivity index (χ4v) is 2.55. The number of hydrogen-bond donors (Lipinski definition) is 1. The number of benzene rings is 2. The lowest BCUT2D eigenvalue weighted by atomic mass is 9.91. The number of anilines is 1. The lowest BCUT2D eigenvalue weighted by molar-refractivity contribution is -0.116. The average molecular weight is 297 g/mol. The highest BCUT2D eigenvalue weighted by atomic mass is 16.5. The van der Waals surface area contributed by atoms with Crippen molar-refractivity contribution < 1.29 is 9.53 Å². The number of para-hydroxylation sites is 1. The molecule has 2 aromatic rings. The molecular weight excluding hydrogens is 274 g/mol. The topological polar surface area (TPSA) is 38.3 Å². The molecule has 0 aliphatic heterocycles. The van der Waals surface area contributed by atoms with Crippen LogP contribution in [0.1, 0.15) is 37.7 Å². The maximum atomic E-state index is 12.1. The first-order valence-corrected chi connectivity index (χ1v) is 7.71. The molecule has 1 amide bonds. The average Bonchev–Trinajstić information content (AvgIpc) is 2.56. The molecule has 2 aromatic carbocycles. The molecule has 0 radical (unpaired) electrons. The van der Waals surface area contributed by atoms with Crippen molar-refractivity contribution in [1.29, 1.82) is 0 Å². The zero-order chi connectivity index (χ0) is 15.8. The molecule has 0 spiro atoms. The van der Waals surface area contributed by atoms with Crippen LogP contribution < -0.4 is 10.1 Å². The van der Waals surface area contributed by atoms with Gasteiger partial charge in [-0.05, 0) is 48.6 Å². The van der Waals surface area contributed by atoms with Crippen molar-refractivity contribution in [1.82, 2.24) is 0 Å². The van der Waals surface area contributed by atoms with Crippen molar-refractivity contribution in [2.75, 3.05) is 12.4 Å². The van der Waals surface area contributed by atoms with E-state index in [0.717, 1.165) is 24.3 Å².